The van der Waals surface area contributed by atoms with E-state index in [1.165, 1.54) is 24.5 Å². The molecule has 4 aromatic rings. The van der Waals surface area contributed by atoms with Crippen LogP contribution in [0.4, 0.5) is 17.1 Å². The molecule has 16 heteroatoms. The van der Waals surface area contributed by atoms with Crippen molar-refractivity contribution in [1.29, 1.82) is 5.41 Å². The molecule has 0 aliphatic rings. The Balaban J connectivity index is 0.00000294. The van der Waals surface area contributed by atoms with Gasteiger partial charge in [0.25, 0.3) is 23.4 Å². The maximum Gasteiger partial charge on any atom is 0.279 e. The van der Waals surface area contributed by atoms with Crippen molar-refractivity contribution >= 4 is 76.3 Å². The molecule has 3 heterocycles. The zero-order valence-electron chi connectivity index (χ0n) is 22.2. The van der Waals surface area contributed by atoms with Crippen molar-refractivity contribution in [2.45, 2.75) is 27.2 Å². The third-order valence-electron chi connectivity index (χ3n) is 6.39. The van der Waals surface area contributed by atoms with Gasteiger partial charge < -0.3 is 36.6 Å². The molecule has 3 aromatic heterocycles. The van der Waals surface area contributed by atoms with E-state index in [9.17, 15) is 24.5 Å². The van der Waals surface area contributed by atoms with E-state index in [-0.39, 0.29) is 66.4 Å². The summed E-state index contributed by atoms with van der Waals surface area (Å²) >= 11 is 0. The Morgan fingerprint density at radius 2 is 1.44 bits per heavy atom. The summed E-state index contributed by atoms with van der Waals surface area (Å²) in [4.78, 5) is 57.9. The van der Waals surface area contributed by atoms with E-state index in [0.29, 0.717) is 39.0 Å². The average Bonchev–Trinajstić information content (AvgIpc) is 3.54. The van der Waals surface area contributed by atoms with Crippen LogP contribution in [0.5, 0.6) is 0 Å². The van der Waals surface area contributed by atoms with E-state index >= 15 is 0 Å². The molecule has 0 fully saturated rings. The minimum atomic E-state index is -0.519. The average molecular weight is 606 g/mol. The van der Waals surface area contributed by atoms with Crippen LogP contribution in [0.3, 0.4) is 0 Å². The molecule has 0 radical (unpaired) electrons. The van der Waals surface area contributed by atoms with Crippen LogP contribution in [0.25, 0.3) is 10.9 Å². The lowest BCUT2D eigenvalue weighted by Gasteiger charge is -2.07. The Morgan fingerprint density at radius 1 is 0.902 bits per heavy atom. The Bertz CT molecular complexity index is 1650. The molecular weight excluding hydrogens is 577 g/mol. The van der Waals surface area contributed by atoms with Gasteiger partial charge in [-0.3, -0.25) is 29.9 Å². The molecule has 0 saturated heterocycles. The number of fused-ring (bicyclic) bond motifs is 1. The smallest absolute Gasteiger partial charge is 0.279 e. The lowest BCUT2D eigenvalue weighted by Crippen LogP contribution is -2.28. The number of H-pyrrole nitrogens is 3. The molecule has 41 heavy (non-hydrogen) atoms. The number of anilines is 2. The number of aromatic amines is 3. The van der Waals surface area contributed by atoms with Gasteiger partial charge in [0.2, 0.25) is 0 Å². The Morgan fingerprint density at radius 3 is 1.98 bits per heavy atom. The monoisotopic (exact) mass is 605 g/mol. The van der Waals surface area contributed by atoms with E-state index in [4.69, 9.17) is 11.1 Å². The number of hydrogen-bond donors (Lipinski definition) is 8. The van der Waals surface area contributed by atoms with Crippen LogP contribution in [-0.2, 0) is 0 Å². The predicted molar refractivity (Wildman–Crippen MR) is 160 cm³/mol. The van der Waals surface area contributed by atoms with Crippen molar-refractivity contribution < 1.29 is 19.3 Å². The molecule has 0 unspecified atom stereocenters. The molecule has 0 aliphatic carbocycles. The Labute approximate surface area is 245 Å². The zero-order chi connectivity index (χ0) is 28.4. The Kier molecular flexibility index (Phi) is 10.3. The van der Waals surface area contributed by atoms with Gasteiger partial charge in [-0.2, -0.15) is 0 Å². The summed E-state index contributed by atoms with van der Waals surface area (Å²) in [5.41, 5.74) is 8.46. The highest BCUT2D eigenvalue weighted by molar-refractivity contribution is 6.11. The third kappa shape index (κ3) is 6.50. The van der Waals surface area contributed by atoms with Crippen LogP contribution in [0.15, 0.2) is 30.6 Å². The van der Waals surface area contributed by atoms with Crippen LogP contribution in [0.2, 0.25) is 0 Å². The summed E-state index contributed by atoms with van der Waals surface area (Å²) < 4.78 is 0. The van der Waals surface area contributed by atoms with Gasteiger partial charge in [0.15, 0.2) is 0 Å². The number of carbonyl (C=O) groups excluding carboxylic acids is 3. The molecule has 0 bridgehead atoms. The van der Waals surface area contributed by atoms with Gasteiger partial charge >= 0.3 is 0 Å². The molecule has 1 aromatic carbocycles. The number of carbonyl (C=O) groups is 3. The first kappa shape index (κ1) is 32.4. The number of nitro benzene ring substituents is 1. The van der Waals surface area contributed by atoms with Gasteiger partial charge in [-0.1, -0.05) is 6.07 Å². The maximum atomic E-state index is 13.0. The number of amides is 3. The maximum absolute atomic E-state index is 13.0. The summed E-state index contributed by atoms with van der Waals surface area (Å²) in [7, 11) is 0. The van der Waals surface area contributed by atoms with Crippen LogP contribution >= 0.6 is 24.8 Å². The number of aryl methyl sites for hydroxylation is 1. The summed E-state index contributed by atoms with van der Waals surface area (Å²) in [6.07, 6.45) is 3.19. The lowest BCUT2D eigenvalue weighted by atomic mass is 10.1. The molecule has 3 amide bonds. The first-order valence-corrected chi connectivity index (χ1v) is 11.8. The molecule has 0 saturated carbocycles. The summed E-state index contributed by atoms with van der Waals surface area (Å²) in [5, 5.41) is 27.1. The highest BCUT2D eigenvalue weighted by Crippen LogP contribution is 2.31. The number of non-ortho nitro benzene ring substituents is 1. The number of nitrogens with two attached hydrogens (primary N) is 1. The van der Waals surface area contributed by atoms with Crippen molar-refractivity contribution in [3.63, 3.8) is 0 Å². The van der Waals surface area contributed by atoms with Crippen molar-refractivity contribution in [3.05, 3.63) is 74.5 Å². The number of nitrogens with zero attached hydrogens (tertiary/aromatic N) is 1. The van der Waals surface area contributed by atoms with Crippen LogP contribution in [0, 0.1) is 36.3 Å². The van der Waals surface area contributed by atoms with Gasteiger partial charge in [0, 0.05) is 42.6 Å². The number of benzene rings is 1. The fraction of sp³-hybridized carbons (Fsp3) is 0.200. The van der Waals surface area contributed by atoms with E-state index in [1.807, 2.05) is 0 Å². The number of rotatable bonds is 9. The van der Waals surface area contributed by atoms with Gasteiger partial charge in [-0.05, 0) is 32.4 Å². The first-order valence-electron chi connectivity index (χ1n) is 11.8. The number of hydrogen-bond acceptors (Lipinski definition) is 6. The van der Waals surface area contributed by atoms with Crippen LogP contribution in [-0.4, -0.2) is 50.0 Å². The topological polar surface area (TPSA) is 228 Å². The number of halogens is 2. The fourth-order valence-electron chi connectivity index (χ4n) is 4.26. The van der Waals surface area contributed by atoms with E-state index in [1.54, 1.807) is 26.8 Å². The molecular formula is C25H29Cl2N9O5. The second kappa shape index (κ2) is 13.0. The molecule has 0 atom stereocenters. The van der Waals surface area contributed by atoms with Crippen molar-refractivity contribution in [3.8, 4) is 0 Å². The molecule has 0 spiro atoms. The molecule has 9 N–H and O–H groups in total. The number of nitrogens with one attached hydrogen (secondary N) is 7. The molecule has 4 rings (SSSR count). The van der Waals surface area contributed by atoms with E-state index in [2.05, 4.69) is 30.9 Å². The summed E-state index contributed by atoms with van der Waals surface area (Å²) in [6.45, 7) is 5.16. The van der Waals surface area contributed by atoms with Crippen LogP contribution < -0.4 is 21.7 Å². The number of amidine groups is 1. The van der Waals surface area contributed by atoms with Crippen molar-refractivity contribution in [2.75, 3.05) is 17.2 Å². The van der Waals surface area contributed by atoms with E-state index in [0.717, 1.165) is 0 Å². The summed E-state index contributed by atoms with van der Waals surface area (Å²) in [6, 6.07) is 4.57. The third-order valence-corrected chi connectivity index (χ3v) is 6.39. The summed E-state index contributed by atoms with van der Waals surface area (Å²) in [5.74, 6) is -1.44. The van der Waals surface area contributed by atoms with E-state index < -0.39 is 22.6 Å². The normalized spacial score (nSPS) is 10.3. The van der Waals surface area contributed by atoms with Gasteiger partial charge in [0.1, 0.15) is 17.1 Å². The first-order chi connectivity index (χ1) is 18.5. The van der Waals surface area contributed by atoms with Crippen LogP contribution in [0.1, 0.15) is 54.6 Å². The SMILES string of the molecule is Cc1c(NC(=O)c2[nH]cc(NC(=O)c3[nH]c4cccc([N+](=O)[O-])c4c3C)c2C)c[nH]c1C(=O)NCCC(=N)N.Cl.Cl. The number of aromatic nitrogens is 3. The number of nitro groups is 1. The van der Waals surface area contributed by atoms with Gasteiger partial charge in [-0.25, -0.2) is 0 Å². The minimum absolute atomic E-state index is 0. The molecule has 0 aliphatic heterocycles. The largest absolute Gasteiger partial charge is 0.388 e. The van der Waals surface area contributed by atoms with Gasteiger partial charge in [-0.15, -0.1) is 24.8 Å². The second-order valence-electron chi connectivity index (χ2n) is 8.93. The lowest BCUT2D eigenvalue weighted by molar-refractivity contribution is -0.383. The predicted octanol–water partition coefficient (Wildman–Crippen LogP) is 4.06. The highest BCUT2D eigenvalue weighted by Gasteiger charge is 2.24. The minimum Gasteiger partial charge on any atom is -0.388 e. The fourth-order valence-corrected chi connectivity index (χ4v) is 4.26. The quantitative estimate of drug-likeness (QED) is 0.0606. The molecule has 218 valence electrons. The second-order valence-corrected chi connectivity index (χ2v) is 8.93. The zero-order valence-corrected chi connectivity index (χ0v) is 23.8. The highest BCUT2D eigenvalue weighted by atomic mass is 35.5. The van der Waals surface area contributed by atoms with Crippen molar-refractivity contribution in [1.82, 2.24) is 20.3 Å². The van der Waals surface area contributed by atoms with Crippen molar-refractivity contribution in [2.24, 2.45) is 5.73 Å². The molecule has 14 nitrogen and oxygen atoms in total. The Hall–Kier alpha value is -4.82. The standard InChI is InChI=1S/C25H27N9O5.2ClH/c1-11-15(9-29-20(11)23(35)28-8-7-18(26)27)32-24(36)21-12(2)16(10-30-21)33-25(37)22-13(3)19-14(31-22)5-4-6-17(19)34(38)39;;/h4-6,9-10,29-31H,7-8H2,1-3H3,(H3,26,27)(H,28,35)(H,32,36)(H,33,37);2*1H. The van der Waals surface area contributed by atoms with Gasteiger partial charge in [0.05, 0.1) is 33.0 Å².